The van der Waals surface area contributed by atoms with E-state index in [2.05, 4.69) is 23.3 Å². The van der Waals surface area contributed by atoms with Crippen molar-refractivity contribution in [3.8, 4) is 0 Å². The van der Waals surface area contributed by atoms with E-state index in [9.17, 15) is 9.59 Å². The van der Waals surface area contributed by atoms with E-state index in [4.69, 9.17) is 0 Å². The summed E-state index contributed by atoms with van der Waals surface area (Å²) in [5.41, 5.74) is 2.66. The maximum absolute atomic E-state index is 13.4. The van der Waals surface area contributed by atoms with E-state index in [0.717, 1.165) is 62.1 Å². The zero-order valence-corrected chi connectivity index (χ0v) is 17.1. The van der Waals surface area contributed by atoms with Crippen LogP contribution in [-0.2, 0) is 11.3 Å². The normalized spacial score (nSPS) is 26.6. The smallest absolute Gasteiger partial charge is 0.255 e. The Hall–Kier alpha value is -1.78. The summed E-state index contributed by atoms with van der Waals surface area (Å²) in [6, 6.07) is 2.46. The van der Waals surface area contributed by atoms with Crippen LogP contribution >= 0.6 is 0 Å². The number of amides is 2. The summed E-state index contributed by atoms with van der Waals surface area (Å²) in [6.45, 7) is 9.30. The van der Waals surface area contributed by atoms with Gasteiger partial charge in [0.1, 0.15) is 0 Å². The lowest BCUT2D eigenvalue weighted by Crippen LogP contribution is -2.53. The monoisotopic (exact) mass is 371 g/mol. The van der Waals surface area contributed by atoms with E-state index in [0.29, 0.717) is 25.0 Å². The molecule has 1 aromatic rings. The Morgan fingerprint density at radius 2 is 1.89 bits per heavy atom. The van der Waals surface area contributed by atoms with Crippen LogP contribution in [0.25, 0.3) is 0 Å². The van der Waals surface area contributed by atoms with Crippen LogP contribution in [0.2, 0.25) is 0 Å². The second-order valence-corrected chi connectivity index (χ2v) is 8.83. The van der Waals surface area contributed by atoms with Gasteiger partial charge in [0, 0.05) is 43.6 Å². The number of hydrogen-bond acceptors (Lipinski definition) is 2. The lowest BCUT2D eigenvalue weighted by molar-refractivity contribution is -0.148. The fraction of sp³-hybridized carbons (Fsp3) is 0.727. The summed E-state index contributed by atoms with van der Waals surface area (Å²) in [4.78, 5) is 30.7. The quantitative estimate of drug-likeness (QED) is 0.816. The van der Waals surface area contributed by atoms with Gasteiger partial charge in [-0.15, -0.1) is 0 Å². The van der Waals surface area contributed by atoms with Crippen LogP contribution in [0.5, 0.6) is 0 Å². The molecule has 2 saturated heterocycles. The lowest BCUT2D eigenvalue weighted by atomic mass is 9.77. The summed E-state index contributed by atoms with van der Waals surface area (Å²) in [7, 11) is 0. The minimum absolute atomic E-state index is 0.102. The van der Waals surface area contributed by atoms with Gasteiger partial charge in [-0.3, -0.25) is 9.59 Å². The minimum atomic E-state index is -0.327. The van der Waals surface area contributed by atoms with Crippen LogP contribution in [0.15, 0.2) is 6.07 Å². The Morgan fingerprint density at radius 1 is 1.15 bits per heavy atom. The molecule has 1 unspecified atom stereocenters. The van der Waals surface area contributed by atoms with E-state index < -0.39 is 0 Å². The summed E-state index contributed by atoms with van der Waals surface area (Å²) in [6.07, 6.45) is 7.66. The van der Waals surface area contributed by atoms with Gasteiger partial charge in [0.2, 0.25) is 5.91 Å². The maximum atomic E-state index is 13.4. The third-order valence-corrected chi connectivity index (χ3v) is 7.30. The number of carbonyl (C=O) groups excluding carboxylic acids is 2. The highest BCUT2D eigenvalue weighted by atomic mass is 16.2. The van der Waals surface area contributed by atoms with Crippen molar-refractivity contribution in [1.82, 2.24) is 14.4 Å². The highest BCUT2D eigenvalue weighted by Crippen LogP contribution is 2.42. The molecule has 5 nitrogen and oxygen atoms in total. The number of aromatic nitrogens is 1. The Labute approximate surface area is 162 Å². The highest BCUT2D eigenvalue weighted by Gasteiger charge is 2.50. The summed E-state index contributed by atoms with van der Waals surface area (Å²) in [5.74, 6) is 0.431. The molecule has 3 heterocycles. The average Bonchev–Trinajstić information content (AvgIpc) is 3.38. The number of nitrogens with zero attached hydrogens (tertiary/aromatic N) is 3. The van der Waals surface area contributed by atoms with Crippen molar-refractivity contribution in [2.24, 2.45) is 5.41 Å². The van der Waals surface area contributed by atoms with Gasteiger partial charge in [0.25, 0.3) is 5.91 Å². The van der Waals surface area contributed by atoms with Crippen LogP contribution in [-0.4, -0.2) is 51.9 Å². The molecule has 3 aliphatic rings. The molecule has 1 aliphatic carbocycles. The Bertz CT molecular complexity index is 747. The standard InChI is InChI=1S/C22H33N3O2/c1-4-24-16(2)14-19(17(24)3)20(26)23-13-11-22(15-23)10-7-12-25(21(22)27)18-8-5-6-9-18/h14,18H,4-13,15H2,1-3H3. The van der Waals surface area contributed by atoms with Gasteiger partial charge in [-0.25, -0.2) is 0 Å². The molecule has 1 aromatic heterocycles. The van der Waals surface area contributed by atoms with Crippen molar-refractivity contribution in [3.63, 3.8) is 0 Å². The Morgan fingerprint density at radius 3 is 2.56 bits per heavy atom. The average molecular weight is 372 g/mol. The molecule has 1 saturated carbocycles. The zero-order valence-electron chi connectivity index (χ0n) is 17.1. The third kappa shape index (κ3) is 2.99. The van der Waals surface area contributed by atoms with Crippen LogP contribution in [0.1, 0.15) is 73.6 Å². The lowest BCUT2D eigenvalue weighted by Gasteiger charge is -2.42. The van der Waals surface area contributed by atoms with Crippen molar-refractivity contribution in [2.75, 3.05) is 19.6 Å². The molecule has 3 fully saturated rings. The first-order valence-electron chi connectivity index (χ1n) is 10.7. The van der Waals surface area contributed by atoms with E-state index in [1.807, 2.05) is 17.9 Å². The summed E-state index contributed by atoms with van der Waals surface area (Å²) < 4.78 is 2.19. The molecular weight excluding hydrogens is 338 g/mol. The number of aryl methyl sites for hydroxylation is 1. The number of piperidine rings is 1. The first-order valence-corrected chi connectivity index (χ1v) is 10.7. The first-order chi connectivity index (χ1) is 13.0. The molecule has 1 spiro atoms. The van der Waals surface area contributed by atoms with E-state index in [1.165, 1.54) is 12.8 Å². The van der Waals surface area contributed by atoms with Gasteiger partial charge < -0.3 is 14.4 Å². The molecule has 1 atom stereocenters. The number of carbonyl (C=O) groups is 2. The van der Waals surface area contributed by atoms with Crippen LogP contribution in [0, 0.1) is 19.3 Å². The predicted octanol–water partition coefficient (Wildman–Crippen LogP) is 3.52. The fourth-order valence-corrected chi connectivity index (χ4v) is 5.76. The second kappa shape index (κ2) is 6.99. The number of rotatable bonds is 3. The molecule has 0 radical (unpaired) electrons. The van der Waals surface area contributed by atoms with Gasteiger partial charge in [-0.2, -0.15) is 0 Å². The maximum Gasteiger partial charge on any atom is 0.255 e. The SMILES string of the molecule is CCn1c(C)cc(C(=O)N2CCC3(CCCN(C4CCCC4)C3=O)C2)c1C. The van der Waals surface area contributed by atoms with Gasteiger partial charge in [-0.1, -0.05) is 12.8 Å². The van der Waals surface area contributed by atoms with E-state index in [-0.39, 0.29) is 11.3 Å². The summed E-state index contributed by atoms with van der Waals surface area (Å²) >= 11 is 0. The molecule has 4 rings (SSSR count). The molecule has 5 heteroatoms. The van der Waals surface area contributed by atoms with Crippen molar-refractivity contribution in [2.45, 2.75) is 78.3 Å². The highest BCUT2D eigenvalue weighted by molar-refractivity contribution is 5.97. The van der Waals surface area contributed by atoms with Crippen molar-refractivity contribution in [1.29, 1.82) is 0 Å². The van der Waals surface area contributed by atoms with Crippen LogP contribution in [0.4, 0.5) is 0 Å². The molecule has 27 heavy (non-hydrogen) atoms. The Kier molecular flexibility index (Phi) is 4.81. The van der Waals surface area contributed by atoms with Crippen LogP contribution < -0.4 is 0 Å². The molecular formula is C22H33N3O2. The number of hydrogen-bond donors (Lipinski definition) is 0. The third-order valence-electron chi connectivity index (χ3n) is 7.30. The zero-order chi connectivity index (χ0) is 19.2. The summed E-state index contributed by atoms with van der Waals surface area (Å²) in [5, 5.41) is 0. The topological polar surface area (TPSA) is 45.6 Å². The van der Waals surface area contributed by atoms with Gasteiger partial charge in [-0.05, 0) is 58.9 Å². The van der Waals surface area contributed by atoms with Gasteiger partial charge >= 0.3 is 0 Å². The molecule has 0 aromatic carbocycles. The first kappa shape index (κ1) is 18.6. The van der Waals surface area contributed by atoms with Crippen molar-refractivity contribution >= 4 is 11.8 Å². The van der Waals surface area contributed by atoms with Crippen molar-refractivity contribution < 1.29 is 9.59 Å². The van der Waals surface area contributed by atoms with Gasteiger partial charge in [0.15, 0.2) is 0 Å². The van der Waals surface area contributed by atoms with Crippen molar-refractivity contribution in [3.05, 3.63) is 23.0 Å². The second-order valence-electron chi connectivity index (χ2n) is 8.83. The van der Waals surface area contributed by atoms with E-state index >= 15 is 0 Å². The Balaban J connectivity index is 1.52. The molecule has 0 bridgehead atoms. The molecule has 2 amide bonds. The molecule has 2 aliphatic heterocycles. The molecule has 148 valence electrons. The van der Waals surface area contributed by atoms with Gasteiger partial charge in [0.05, 0.1) is 11.0 Å². The van der Waals surface area contributed by atoms with E-state index in [1.54, 1.807) is 0 Å². The van der Waals surface area contributed by atoms with Crippen LogP contribution in [0.3, 0.4) is 0 Å². The number of likely N-dealkylation sites (tertiary alicyclic amines) is 2. The largest absolute Gasteiger partial charge is 0.349 e. The predicted molar refractivity (Wildman–Crippen MR) is 106 cm³/mol. The fourth-order valence-electron chi connectivity index (χ4n) is 5.76. The minimum Gasteiger partial charge on any atom is -0.349 e. The molecule has 0 N–H and O–H groups in total.